The van der Waals surface area contributed by atoms with Crippen molar-refractivity contribution in [3.8, 4) is 5.75 Å². The molecule has 2 heterocycles. The van der Waals surface area contributed by atoms with Gasteiger partial charge in [0.2, 0.25) is 0 Å². The molecule has 0 unspecified atom stereocenters. The number of carbonyl (C=O) groups excluding carboxylic acids is 1. The molecule has 2 N–H and O–H groups in total. The lowest BCUT2D eigenvalue weighted by atomic mass is 10.0. The second-order valence-electron chi connectivity index (χ2n) is 6.79. The molecule has 1 aliphatic heterocycles. The fourth-order valence-electron chi connectivity index (χ4n) is 3.60. The molecule has 1 fully saturated rings. The third-order valence-electron chi connectivity index (χ3n) is 5.20. The molecule has 1 aromatic carbocycles. The number of benzene rings is 1. The first-order valence-corrected chi connectivity index (χ1v) is 8.81. The molecule has 0 saturated carbocycles. The van der Waals surface area contributed by atoms with Crippen LogP contribution >= 0.6 is 0 Å². The van der Waals surface area contributed by atoms with Crippen molar-refractivity contribution < 1.29 is 9.53 Å². The summed E-state index contributed by atoms with van der Waals surface area (Å²) in [5.41, 5.74) is 5.68. The Labute approximate surface area is 156 Å². The highest BCUT2D eigenvalue weighted by molar-refractivity contribution is 6.01. The quantitative estimate of drug-likeness (QED) is 0.776. The summed E-state index contributed by atoms with van der Waals surface area (Å²) in [6.45, 7) is 0.836. The number of ketones is 1. The van der Waals surface area contributed by atoms with Crippen LogP contribution in [0.5, 0.6) is 5.75 Å². The van der Waals surface area contributed by atoms with E-state index in [0.29, 0.717) is 0 Å². The van der Waals surface area contributed by atoms with E-state index in [2.05, 4.69) is 0 Å². The summed E-state index contributed by atoms with van der Waals surface area (Å²) in [6, 6.07) is 7.87. The Hall–Kier alpha value is -2.87. The van der Waals surface area contributed by atoms with E-state index in [-0.39, 0.29) is 29.8 Å². The molecule has 144 valence electrons. The molecular formula is C19H24N4O4. The van der Waals surface area contributed by atoms with Gasteiger partial charge in [-0.15, -0.1) is 0 Å². The lowest BCUT2D eigenvalue weighted by Gasteiger charge is -2.24. The Morgan fingerprint density at radius 2 is 1.85 bits per heavy atom. The van der Waals surface area contributed by atoms with Gasteiger partial charge in [0, 0.05) is 20.1 Å². The van der Waals surface area contributed by atoms with Crippen LogP contribution in [0.4, 0.5) is 5.82 Å². The van der Waals surface area contributed by atoms with Crippen molar-refractivity contribution in [2.24, 2.45) is 14.1 Å². The summed E-state index contributed by atoms with van der Waals surface area (Å²) in [6.07, 6.45) is 1.89. The van der Waals surface area contributed by atoms with Crippen LogP contribution in [0.15, 0.2) is 33.9 Å². The van der Waals surface area contributed by atoms with Gasteiger partial charge in [0.25, 0.3) is 5.56 Å². The van der Waals surface area contributed by atoms with Crippen LogP contribution in [0.25, 0.3) is 0 Å². The Kier molecular flexibility index (Phi) is 5.18. The average Bonchev–Trinajstić information content (AvgIpc) is 3.13. The number of Topliss-reactive ketones (excluding diaryl/α,β-unsaturated/α-hetero) is 1. The second kappa shape index (κ2) is 7.40. The number of nitrogen functional groups attached to an aromatic ring is 1. The van der Waals surface area contributed by atoms with Crippen molar-refractivity contribution in [2.75, 3.05) is 25.9 Å². The minimum Gasteiger partial charge on any atom is -0.497 e. The van der Waals surface area contributed by atoms with E-state index in [4.69, 9.17) is 10.5 Å². The van der Waals surface area contributed by atoms with Crippen LogP contribution in [0.1, 0.15) is 34.8 Å². The molecule has 0 radical (unpaired) electrons. The normalized spacial score (nSPS) is 17.2. The molecule has 3 rings (SSSR count). The molecule has 0 spiro atoms. The molecule has 2 aromatic rings. The van der Waals surface area contributed by atoms with Gasteiger partial charge in [0.05, 0.1) is 13.7 Å². The Bertz CT molecular complexity index is 975. The number of nitrogens with zero attached hydrogens (tertiary/aromatic N) is 3. The number of anilines is 1. The summed E-state index contributed by atoms with van der Waals surface area (Å²) in [5, 5.41) is 0. The van der Waals surface area contributed by atoms with E-state index in [0.717, 1.165) is 39.8 Å². The first-order valence-electron chi connectivity index (χ1n) is 8.81. The molecule has 1 atom stereocenters. The first kappa shape index (κ1) is 18.9. The van der Waals surface area contributed by atoms with Gasteiger partial charge in [-0.3, -0.25) is 23.6 Å². The highest BCUT2D eigenvalue weighted by atomic mass is 16.5. The van der Waals surface area contributed by atoms with E-state index in [1.165, 1.54) is 14.1 Å². The van der Waals surface area contributed by atoms with Crippen molar-refractivity contribution in [1.29, 1.82) is 0 Å². The molecule has 0 bridgehead atoms. The number of aromatic nitrogens is 2. The molecule has 0 aliphatic carbocycles. The van der Waals surface area contributed by atoms with Crippen molar-refractivity contribution in [2.45, 2.75) is 18.9 Å². The van der Waals surface area contributed by atoms with Crippen LogP contribution in [0.3, 0.4) is 0 Å². The summed E-state index contributed by atoms with van der Waals surface area (Å²) in [4.78, 5) is 39.3. The smallest absolute Gasteiger partial charge is 0.332 e. The second-order valence-corrected chi connectivity index (χ2v) is 6.79. The third kappa shape index (κ3) is 3.40. The van der Waals surface area contributed by atoms with Crippen molar-refractivity contribution in [1.82, 2.24) is 14.0 Å². The number of hydrogen-bond donors (Lipinski definition) is 1. The predicted molar refractivity (Wildman–Crippen MR) is 102 cm³/mol. The monoisotopic (exact) mass is 372 g/mol. The Balaban J connectivity index is 1.87. The van der Waals surface area contributed by atoms with Crippen LogP contribution in [-0.4, -0.2) is 40.0 Å². The number of methoxy groups -OCH3 is 1. The fourth-order valence-corrected chi connectivity index (χ4v) is 3.60. The largest absolute Gasteiger partial charge is 0.497 e. The van der Waals surface area contributed by atoms with Crippen LogP contribution in [0.2, 0.25) is 0 Å². The lowest BCUT2D eigenvalue weighted by Crippen LogP contribution is -2.43. The topological polar surface area (TPSA) is 99.6 Å². The number of likely N-dealkylation sites (tertiary alicyclic amines) is 1. The molecule has 8 heteroatoms. The van der Waals surface area contributed by atoms with E-state index in [1.807, 2.05) is 29.2 Å². The number of nitrogens with two attached hydrogens (primary N) is 1. The zero-order valence-electron chi connectivity index (χ0n) is 15.8. The van der Waals surface area contributed by atoms with E-state index in [1.54, 1.807) is 7.11 Å². The molecule has 0 amide bonds. The van der Waals surface area contributed by atoms with Gasteiger partial charge in [0.15, 0.2) is 5.78 Å². The molecule has 27 heavy (non-hydrogen) atoms. The summed E-state index contributed by atoms with van der Waals surface area (Å²) in [5.74, 6) is 0.318. The lowest BCUT2D eigenvalue weighted by molar-refractivity contribution is 0.0919. The van der Waals surface area contributed by atoms with Crippen LogP contribution in [0, 0.1) is 0 Å². The van der Waals surface area contributed by atoms with Gasteiger partial charge >= 0.3 is 5.69 Å². The van der Waals surface area contributed by atoms with Crippen molar-refractivity contribution >= 4 is 11.6 Å². The van der Waals surface area contributed by atoms with Gasteiger partial charge < -0.3 is 10.5 Å². The molecular weight excluding hydrogens is 348 g/mol. The van der Waals surface area contributed by atoms with E-state index in [9.17, 15) is 14.4 Å². The number of ether oxygens (including phenoxy) is 1. The highest BCUT2D eigenvalue weighted by Crippen LogP contribution is 2.32. The molecule has 1 saturated heterocycles. The number of rotatable bonds is 5. The maximum atomic E-state index is 12.9. The van der Waals surface area contributed by atoms with Gasteiger partial charge in [-0.2, -0.15) is 0 Å². The third-order valence-corrected chi connectivity index (χ3v) is 5.20. The van der Waals surface area contributed by atoms with Crippen molar-refractivity contribution in [3.05, 3.63) is 56.2 Å². The Morgan fingerprint density at radius 1 is 1.19 bits per heavy atom. The van der Waals surface area contributed by atoms with Gasteiger partial charge in [-0.05, 0) is 37.1 Å². The van der Waals surface area contributed by atoms with Gasteiger partial charge in [-0.1, -0.05) is 12.1 Å². The summed E-state index contributed by atoms with van der Waals surface area (Å²) >= 11 is 0. The fraction of sp³-hybridized carbons (Fsp3) is 0.421. The van der Waals surface area contributed by atoms with Gasteiger partial charge in [-0.25, -0.2) is 4.79 Å². The molecule has 1 aromatic heterocycles. The first-order chi connectivity index (χ1) is 12.8. The average molecular weight is 372 g/mol. The molecule has 8 nitrogen and oxygen atoms in total. The maximum absolute atomic E-state index is 12.9. The van der Waals surface area contributed by atoms with Crippen LogP contribution < -0.4 is 21.7 Å². The Morgan fingerprint density at radius 3 is 2.48 bits per heavy atom. The molecule has 1 aliphatic rings. The number of carbonyl (C=O) groups is 1. The highest BCUT2D eigenvalue weighted by Gasteiger charge is 2.30. The summed E-state index contributed by atoms with van der Waals surface area (Å²) in [7, 11) is 4.41. The van der Waals surface area contributed by atoms with E-state index >= 15 is 0 Å². The van der Waals surface area contributed by atoms with E-state index < -0.39 is 11.2 Å². The minimum absolute atomic E-state index is 0.0777. The van der Waals surface area contributed by atoms with Crippen LogP contribution in [-0.2, 0) is 14.1 Å². The van der Waals surface area contributed by atoms with Crippen molar-refractivity contribution in [3.63, 3.8) is 0 Å². The minimum atomic E-state index is -0.652. The maximum Gasteiger partial charge on any atom is 0.332 e. The number of hydrogen-bond acceptors (Lipinski definition) is 6. The zero-order chi connectivity index (χ0) is 19.7. The zero-order valence-corrected chi connectivity index (χ0v) is 15.8. The van der Waals surface area contributed by atoms with Gasteiger partial charge in [0.1, 0.15) is 17.1 Å². The summed E-state index contributed by atoms with van der Waals surface area (Å²) < 4.78 is 7.23. The standard InChI is InChI=1S/C19H24N4O4/c1-21-17(20)16(18(25)22(2)19(21)26)15(24)11-23-10-4-5-14(23)12-6-8-13(27-3)9-7-12/h6-9,14H,4-5,10-11,20H2,1-3H3/t14-/m1/s1. The SMILES string of the molecule is COc1ccc([C@H]2CCCN2CC(=O)c2c(N)n(C)c(=O)n(C)c2=O)cc1. The predicted octanol–water partition coefficient (Wildman–Crippen LogP) is 0.695.